The van der Waals surface area contributed by atoms with Gasteiger partial charge in [-0.15, -0.1) is 0 Å². The van der Waals surface area contributed by atoms with Gasteiger partial charge >= 0.3 is 0 Å². The number of allylic oxidation sites excluding steroid dienone is 2. The van der Waals surface area contributed by atoms with Gasteiger partial charge in [-0.05, 0) is 31.1 Å². The van der Waals surface area contributed by atoms with Crippen LogP contribution in [0.4, 0.5) is 0 Å². The van der Waals surface area contributed by atoms with Crippen molar-refractivity contribution in [2.45, 2.75) is 91.9 Å². The molecule has 0 radical (unpaired) electrons. The molecule has 0 aromatic rings. The molecule has 0 aromatic heterocycles. The van der Waals surface area contributed by atoms with E-state index in [1.165, 1.54) is 64.2 Å². The second-order valence-corrected chi connectivity index (χ2v) is 6.33. The Kier molecular flexibility index (Phi) is 13.0. The molecule has 0 heteroatoms. The van der Waals surface area contributed by atoms with Gasteiger partial charge in [0.1, 0.15) is 0 Å². The Hall–Kier alpha value is -0.260. The minimum atomic E-state index is 0.880. The van der Waals surface area contributed by atoms with Crippen LogP contribution in [0.2, 0.25) is 0 Å². The van der Waals surface area contributed by atoms with E-state index in [9.17, 15) is 0 Å². The van der Waals surface area contributed by atoms with Gasteiger partial charge in [0.05, 0.1) is 0 Å². The first kappa shape index (κ1) is 17.7. The van der Waals surface area contributed by atoms with Crippen LogP contribution in [0.15, 0.2) is 12.2 Å². The fourth-order valence-corrected chi connectivity index (χ4v) is 2.33. The predicted octanol–water partition coefficient (Wildman–Crippen LogP) is 6.76. The molecule has 0 N–H and O–H groups in total. The minimum absolute atomic E-state index is 0.880. The standard InChI is InChI=1S/C18H36/c1-5-6-7-8-9-10-11-12-15-18(4)16-13-14-17(2)3/h8-9,17-18H,5-7,10-16H2,1-4H3. The lowest BCUT2D eigenvalue weighted by Crippen LogP contribution is -1.96. The van der Waals surface area contributed by atoms with Gasteiger partial charge in [0, 0.05) is 0 Å². The van der Waals surface area contributed by atoms with Gasteiger partial charge in [-0.25, -0.2) is 0 Å². The molecule has 0 aliphatic heterocycles. The Morgan fingerprint density at radius 3 is 1.94 bits per heavy atom. The van der Waals surface area contributed by atoms with E-state index in [2.05, 4.69) is 39.8 Å². The van der Waals surface area contributed by atoms with E-state index in [1.807, 2.05) is 0 Å². The summed E-state index contributed by atoms with van der Waals surface area (Å²) in [4.78, 5) is 0. The lowest BCUT2D eigenvalue weighted by Gasteiger charge is -2.11. The van der Waals surface area contributed by atoms with Crippen molar-refractivity contribution < 1.29 is 0 Å². The van der Waals surface area contributed by atoms with E-state index < -0.39 is 0 Å². The summed E-state index contributed by atoms with van der Waals surface area (Å²) >= 11 is 0. The molecular formula is C18H36. The first-order chi connectivity index (χ1) is 8.66. The van der Waals surface area contributed by atoms with Gasteiger partial charge in [-0.1, -0.05) is 84.8 Å². The summed E-state index contributed by atoms with van der Waals surface area (Å²) in [5, 5.41) is 0. The summed E-state index contributed by atoms with van der Waals surface area (Å²) in [6.07, 6.45) is 18.5. The van der Waals surface area contributed by atoms with Crippen LogP contribution in [-0.2, 0) is 0 Å². The van der Waals surface area contributed by atoms with Crippen LogP contribution in [0.5, 0.6) is 0 Å². The first-order valence-corrected chi connectivity index (χ1v) is 8.31. The molecule has 0 fully saturated rings. The second kappa shape index (κ2) is 13.2. The molecule has 0 aliphatic rings. The summed E-state index contributed by atoms with van der Waals surface area (Å²) in [6, 6.07) is 0. The maximum atomic E-state index is 2.43. The van der Waals surface area contributed by atoms with Crippen molar-refractivity contribution in [1.82, 2.24) is 0 Å². The second-order valence-electron chi connectivity index (χ2n) is 6.33. The van der Waals surface area contributed by atoms with Crippen LogP contribution in [0.1, 0.15) is 91.9 Å². The first-order valence-electron chi connectivity index (χ1n) is 8.31. The Bertz CT molecular complexity index is 178. The predicted molar refractivity (Wildman–Crippen MR) is 85.0 cm³/mol. The van der Waals surface area contributed by atoms with Crippen LogP contribution >= 0.6 is 0 Å². The monoisotopic (exact) mass is 252 g/mol. The van der Waals surface area contributed by atoms with Gasteiger partial charge in [0.25, 0.3) is 0 Å². The minimum Gasteiger partial charge on any atom is -0.0885 e. The van der Waals surface area contributed by atoms with Crippen molar-refractivity contribution in [2.24, 2.45) is 11.8 Å². The number of unbranched alkanes of at least 4 members (excludes halogenated alkanes) is 4. The maximum absolute atomic E-state index is 2.43. The molecule has 108 valence electrons. The Morgan fingerprint density at radius 2 is 1.33 bits per heavy atom. The van der Waals surface area contributed by atoms with E-state index in [0.717, 1.165) is 11.8 Å². The van der Waals surface area contributed by atoms with E-state index >= 15 is 0 Å². The summed E-state index contributed by atoms with van der Waals surface area (Å²) in [5.74, 6) is 1.82. The van der Waals surface area contributed by atoms with E-state index in [1.54, 1.807) is 0 Å². The molecule has 0 bridgehead atoms. The average molecular weight is 252 g/mol. The van der Waals surface area contributed by atoms with Gasteiger partial charge in [-0.3, -0.25) is 0 Å². The van der Waals surface area contributed by atoms with E-state index in [-0.39, 0.29) is 0 Å². The highest BCUT2D eigenvalue weighted by Crippen LogP contribution is 2.18. The van der Waals surface area contributed by atoms with E-state index in [0.29, 0.717) is 0 Å². The lowest BCUT2D eigenvalue weighted by atomic mass is 9.95. The van der Waals surface area contributed by atoms with Crippen molar-refractivity contribution in [2.75, 3.05) is 0 Å². The topological polar surface area (TPSA) is 0 Å². The van der Waals surface area contributed by atoms with Crippen molar-refractivity contribution in [3.8, 4) is 0 Å². The average Bonchev–Trinajstić information content (AvgIpc) is 2.32. The summed E-state index contributed by atoms with van der Waals surface area (Å²) in [5.41, 5.74) is 0. The van der Waals surface area contributed by atoms with Crippen LogP contribution in [-0.4, -0.2) is 0 Å². The van der Waals surface area contributed by atoms with Crippen LogP contribution in [0.3, 0.4) is 0 Å². The molecule has 0 aliphatic carbocycles. The molecule has 0 heterocycles. The SMILES string of the molecule is CCCCC=CCCCCC(C)CCCC(C)C. The fraction of sp³-hybridized carbons (Fsp3) is 0.889. The highest BCUT2D eigenvalue weighted by Gasteiger charge is 2.02. The fourth-order valence-electron chi connectivity index (χ4n) is 2.33. The molecule has 0 saturated carbocycles. The smallest absolute Gasteiger partial charge is 0.0351 e. The summed E-state index contributed by atoms with van der Waals surface area (Å²) < 4.78 is 0. The van der Waals surface area contributed by atoms with Crippen LogP contribution in [0, 0.1) is 11.8 Å². The molecule has 0 saturated heterocycles. The lowest BCUT2D eigenvalue weighted by molar-refractivity contribution is 0.423. The summed E-state index contributed by atoms with van der Waals surface area (Å²) in [7, 11) is 0. The highest BCUT2D eigenvalue weighted by atomic mass is 14.1. The highest BCUT2D eigenvalue weighted by molar-refractivity contribution is 4.81. The third-order valence-electron chi connectivity index (χ3n) is 3.69. The zero-order chi connectivity index (χ0) is 13.6. The van der Waals surface area contributed by atoms with Crippen LogP contribution < -0.4 is 0 Å². The van der Waals surface area contributed by atoms with Gasteiger partial charge < -0.3 is 0 Å². The third kappa shape index (κ3) is 13.8. The van der Waals surface area contributed by atoms with Crippen molar-refractivity contribution >= 4 is 0 Å². The normalized spacial score (nSPS) is 13.6. The summed E-state index contributed by atoms with van der Waals surface area (Å²) in [6.45, 7) is 9.34. The zero-order valence-corrected chi connectivity index (χ0v) is 13.4. The van der Waals surface area contributed by atoms with Crippen LogP contribution in [0.25, 0.3) is 0 Å². The van der Waals surface area contributed by atoms with Gasteiger partial charge in [-0.2, -0.15) is 0 Å². The quantitative estimate of drug-likeness (QED) is 0.266. The molecule has 0 rings (SSSR count). The van der Waals surface area contributed by atoms with Gasteiger partial charge in [0.15, 0.2) is 0 Å². The largest absolute Gasteiger partial charge is 0.0885 e. The number of hydrogen-bond acceptors (Lipinski definition) is 0. The molecule has 0 nitrogen and oxygen atoms in total. The Morgan fingerprint density at radius 1 is 0.722 bits per heavy atom. The van der Waals surface area contributed by atoms with Crippen molar-refractivity contribution in [3.05, 3.63) is 12.2 Å². The zero-order valence-electron chi connectivity index (χ0n) is 13.4. The molecule has 1 unspecified atom stereocenters. The molecule has 1 atom stereocenters. The molecule has 0 amide bonds. The Labute approximate surface area is 116 Å². The maximum Gasteiger partial charge on any atom is -0.0351 e. The van der Waals surface area contributed by atoms with Gasteiger partial charge in [0.2, 0.25) is 0 Å². The third-order valence-corrected chi connectivity index (χ3v) is 3.69. The number of rotatable bonds is 12. The van der Waals surface area contributed by atoms with Crippen molar-refractivity contribution in [3.63, 3.8) is 0 Å². The Balaban J connectivity index is 3.24. The number of hydrogen-bond donors (Lipinski definition) is 0. The van der Waals surface area contributed by atoms with E-state index in [4.69, 9.17) is 0 Å². The van der Waals surface area contributed by atoms with Crippen molar-refractivity contribution in [1.29, 1.82) is 0 Å². The molecule has 0 aromatic carbocycles. The molecule has 18 heavy (non-hydrogen) atoms. The molecular weight excluding hydrogens is 216 g/mol. The molecule has 0 spiro atoms.